The van der Waals surface area contributed by atoms with Crippen molar-refractivity contribution in [3.63, 3.8) is 0 Å². The summed E-state index contributed by atoms with van der Waals surface area (Å²) in [7, 11) is 1.66. The maximum absolute atomic E-state index is 5.75. The summed E-state index contributed by atoms with van der Waals surface area (Å²) in [6, 6.07) is 11.6. The summed E-state index contributed by atoms with van der Waals surface area (Å²) >= 11 is 9.34. The van der Waals surface area contributed by atoms with Crippen LogP contribution in [0, 0.1) is 0 Å². The number of methoxy groups -OCH3 is 1. The van der Waals surface area contributed by atoms with E-state index in [0.29, 0.717) is 5.22 Å². The predicted octanol–water partition coefficient (Wildman–Crippen LogP) is 4.62. The summed E-state index contributed by atoms with van der Waals surface area (Å²) in [6.45, 7) is 0. The second-order valence-electron chi connectivity index (χ2n) is 3.67. The van der Waals surface area contributed by atoms with Crippen molar-refractivity contribution >= 4 is 27.5 Å². The van der Waals surface area contributed by atoms with Gasteiger partial charge in [0.1, 0.15) is 11.5 Å². The van der Waals surface area contributed by atoms with Crippen LogP contribution < -0.4 is 4.74 Å². The van der Waals surface area contributed by atoms with E-state index in [1.165, 1.54) is 5.56 Å². The molecule has 1 heterocycles. The largest absolute Gasteiger partial charge is 0.497 e. The Balaban J connectivity index is 2.09. The van der Waals surface area contributed by atoms with Gasteiger partial charge in [-0.1, -0.05) is 28.1 Å². The number of alkyl halides is 1. The highest BCUT2D eigenvalue weighted by Gasteiger charge is 2.12. The van der Waals surface area contributed by atoms with Crippen molar-refractivity contribution in [1.82, 2.24) is 0 Å². The molecule has 90 valence electrons. The van der Waals surface area contributed by atoms with Gasteiger partial charge in [-0.05, 0) is 47.9 Å². The third kappa shape index (κ3) is 3.27. The molecule has 1 aromatic carbocycles. The van der Waals surface area contributed by atoms with E-state index in [9.17, 15) is 0 Å². The number of benzene rings is 1. The van der Waals surface area contributed by atoms with Gasteiger partial charge in [0.25, 0.3) is 0 Å². The second kappa shape index (κ2) is 5.61. The smallest absolute Gasteiger partial charge is 0.193 e. The fraction of sp³-hybridized carbons (Fsp3) is 0.231. The lowest BCUT2D eigenvalue weighted by atomic mass is 10.1. The molecule has 2 rings (SSSR count). The van der Waals surface area contributed by atoms with Crippen LogP contribution in [-0.4, -0.2) is 7.11 Å². The van der Waals surface area contributed by atoms with Gasteiger partial charge < -0.3 is 9.15 Å². The molecule has 0 bridgehead atoms. The summed E-state index contributed by atoms with van der Waals surface area (Å²) in [5.41, 5.74) is 1.18. The number of furan rings is 1. The highest BCUT2D eigenvalue weighted by Crippen LogP contribution is 2.30. The van der Waals surface area contributed by atoms with Crippen molar-refractivity contribution < 1.29 is 9.15 Å². The average molecular weight is 316 g/mol. The van der Waals surface area contributed by atoms with Crippen molar-refractivity contribution in [3.8, 4) is 5.75 Å². The van der Waals surface area contributed by atoms with Crippen molar-refractivity contribution in [2.75, 3.05) is 7.11 Å². The van der Waals surface area contributed by atoms with E-state index in [1.807, 2.05) is 24.3 Å². The van der Waals surface area contributed by atoms with Crippen LogP contribution >= 0.6 is 27.5 Å². The lowest BCUT2D eigenvalue weighted by molar-refractivity contribution is 0.414. The quantitative estimate of drug-likeness (QED) is 0.768. The predicted molar refractivity (Wildman–Crippen MR) is 72.1 cm³/mol. The molecule has 0 spiro atoms. The summed E-state index contributed by atoms with van der Waals surface area (Å²) in [5.74, 6) is 1.69. The molecule has 4 heteroatoms. The number of halogens is 2. The van der Waals surface area contributed by atoms with Gasteiger partial charge in [0.15, 0.2) is 5.22 Å². The summed E-state index contributed by atoms with van der Waals surface area (Å²) < 4.78 is 10.5. The molecule has 1 unspecified atom stereocenters. The Morgan fingerprint density at radius 2 is 2.18 bits per heavy atom. The Bertz CT molecular complexity index is 496. The van der Waals surface area contributed by atoms with Crippen LogP contribution in [0.2, 0.25) is 5.22 Å². The van der Waals surface area contributed by atoms with E-state index in [1.54, 1.807) is 13.2 Å². The molecule has 0 saturated heterocycles. The lowest BCUT2D eigenvalue weighted by Crippen LogP contribution is -1.94. The van der Waals surface area contributed by atoms with E-state index in [-0.39, 0.29) is 4.83 Å². The molecule has 0 amide bonds. The van der Waals surface area contributed by atoms with Gasteiger partial charge in [-0.2, -0.15) is 0 Å². The minimum Gasteiger partial charge on any atom is -0.497 e. The van der Waals surface area contributed by atoms with Crippen LogP contribution in [0.3, 0.4) is 0 Å². The first-order valence-electron chi connectivity index (χ1n) is 5.21. The van der Waals surface area contributed by atoms with Gasteiger partial charge in [-0.3, -0.25) is 0 Å². The average Bonchev–Trinajstić information content (AvgIpc) is 2.76. The molecule has 1 aromatic heterocycles. The maximum atomic E-state index is 5.75. The van der Waals surface area contributed by atoms with Crippen molar-refractivity contribution in [3.05, 3.63) is 52.9 Å². The molecular formula is C13H12BrClO2. The molecule has 0 radical (unpaired) electrons. The zero-order valence-corrected chi connectivity index (χ0v) is 11.7. The maximum Gasteiger partial charge on any atom is 0.193 e. The van der Waals surface area contributed by atoms with E-state index < -0.39 is 0 Å². The van der Waals surface area contributed by atoms with Crippen LogP contribution in [0.15, 0.2) is 40.8 Å². The van der Waals surface area contributed by atoms with Crippen LogP contribution in [0.4, 0.5) is 0 Å². The Kier molecular flexibility index (Phi) is 4.13. The fourth-order valence-corrected chi connectivity index (χ4v) is 2.38. The molecule has 0 aliphatic rings. The monoisotopic (exact) mass is 314 g/mol. The number of hydrogen-bond donors (Lipinski definition) is 0. The highest BCUT2D eigenvalue weighted by molar-refractivity contribution is 9.09. The standard InChI is InChI=1S/C13H12BrClO2/c1-16-10-4-2-3-9(7-10)8-11(14)12-5-6-13(15)17-12/h2-7,11H,8H2,1H3. The first-order valence-corrected chi connectivity index (χ1v) is 6.50. The first-order chi connectivity index (χ1) is 8.19. The van der Waals surface area contributed by atoms with Crippen LogP contribution in [-0.2, 0) is 6.42 Å². The molecule has 2 nitrogen and oxygen atoms in total. The zero-order valence-electron chi connectivity index (χ0n) is 9.32. The van der Waals surface area contributed by atoms with Gasteiger partial charge in [0.2, 0.25) is 0 Å². The van der Waals surface area contributed by atoms with E-state index >= 15 is 0 Å². The van der Waals surface area contributed by atoms with Crippen molar-refractivity contribution in [2.45, 2.75) is 11.2 Å². The van der Waals surface area contributed by atoms with E-state index in [2.05, 4.69) is 22.0 Å². The van der Waals surface area contributed by atoms with E-state index in [4.69, 9.17) is 20.8 Å². The SMILES string of the molecule is COc1cccc(CC(Br)c2ccc(Cl)o2)c1. The van der Waals surface area contributed by atoms with Crippen LogP contribution in [0.1, 0.15) is 16.2 Å². The molecule has 0 aliphatic heterocycles. The molecule has 1 atom stereocenters. The van der Waals surface area contributed by atoms with Gasteiger partial charge >= 0.3 is 0 Å². The first kappa shape index (κ1) is 12.5. The highest BCUT2D eigenvalue weighted by atomic mass is 79.9. The Morgan fingerprint density at radius 3 is 2.82 bits per heavy atom. The van der Waals surface area contributed by atoms with Crippen molar-refractivity contribution in [1.29, 1.82) is 0 Å². The molecule has 0 N–H and O–H groups in total. The normalized spacial score (nSPS) is 12.4. The number of hydrogen-bond acceptors (Lipinski definition) is 2. The van der Waals surface area contributed by atoms with Crippen molar-refractivity contribution in [2.24, 2.45) is 0 Å². The van der Waals surface area contributed by atoms with Gasteiger partial charge in [0, 0.05) is 0 Å². The molecular weight excluding hydrogens is 303 g/mol. The van der Waals surface area contributed by atoms with Crippen LogP contribution in [0.5, 0.6) is 5.75 Å². The lowest BCUT2D eigenvalue weighted by Gasteiger charge is -2.08. The third-order valence-electron chi connectivity index (χ3n) is 2.45. The number of ether oxygens (including phenoxy) is 1. The zero-order chi connectivity index (χ0) is 12.3. The van der Waals surface area contributed by atoms with Gasteiger partial charge in [0.05, 0.1) is 11.9 Å². The molecule has 0 fully saturated rings. The fourth-order valence-electron chi connectivity index (χ4n) is 1.60. The Labute approximate surface area is 114 Å². The number of rotatable bonds is 4. The van der Waals surface area contributed by atoms with Gasteiger partial charge in [-0.25, -0.2) is 0 Å². The topological polar surface area (TPSA) is 22.4 Å². The van der Waals surface area contributed by atoms with Crippen LogP contribution in [0.25, 0.3) is 0 Å². The molecule has 0 saturated carbocycles. The summed E-state index contributed by atoms with van der Waals surface area (Å²) in [4.78, 5) is 0.113. The minimum absolute atomic E-state index is 0.113. The summed E-state index contributed by atoms with van der Waals surface area (Å²) in [5, 5.41) is 0.412. The molecule has 0 aliphatic carbocycles. The van der Waals surface area contributed by atoms with Gasteiger partial charge in [-0.15, -0.1) is 0 Å². The molecule has 17 heavy (non-hydrogen) atoms. The summed E-state index contributed by atoms with van der Waals surface area (Å²) in [6.07, 6.45) is 0.820. The third-order valence-corrected chi connectivity index (χ3v) is 3.43. The Morgan fingerprint density at radius 1 is 1.35 bits per heavy atom. The minimum atomic E-state index is 0.113. The molecule has 2 aromatic rings. The van der Waals surface area contributed by atoms with E-state index in [0.717, 1.165) is 17.9 Å². The second-order valence-corrected chi connectivity index (χ2v) is 5.14. The Hall–Kier alpha value is -0.930.